The molecule has 0 spiro atoms. The van der Waals surface area contributed by atoms with Crippen LogP contribution in [0.2, 0.25) is 10.0 Å². The van der Waals surface area contributed by atoms with Crippen molar-refractivity contribution in [3.05, 3.63) is 52.0 Å². The molecular weight excluding hydrogens is 399 g/mol. The summed E-state index contributed by atoms with van der Waals surface area (Å²) < 4.78 is 30.5. The maximum atomic E-state index is 12.5. The Balaban J connectivity index is 2.29. The van der Waals surface area contributed by atoms with Crippen LogP contribution in [0.4, 0.5) is 11.4 Å². The third kappa shape index (κ3) is 5.27. The van der Waals surface area contributed by atoms with Crippen molar-refractivity contribution in [1.82, 2.24) is 0 Å². The molecule has 6 nitrogen and oxygen atoms in total. The molecule has 0 bridgehead atoms. The van der Waals surface area contributed by atoms with Crippen molar-refractivity contribution in [2.45, 2.75) is 6.92 Å². The number of methoxy groups -OCH3 is 1. The number of sulfonamides is 1. The lowest BCUT2D eigenvalue weighted by molar-refractivity contribution is -0.114. The van der Waals surface area contributed by atoms with Gasteiger partial charge in [-0.1, -0.05) is 29.3 Å². The van der Waals surface area contributed by atoms with Crippen molar-refractivity contribution < 1.29 is 17.9 Å². The summed E-state index contributed by atoms with van der Waals surface area (Å²) in [5.41, 5.74) is 1.58. The van der Waals surface area contributed by atoms with Gasteiger partial charge in [-0.15, -0.1) is 0 Å². The Morgan fingerprint density at radius 2 is 1.77 bits per heavy atom. The summed E-state index contributed by atoms with van der Waals surface area (Å²) in [6.07, 6.45) is 1.00. The molecule has 0 saturated heterocycles. The number of hydrogen-bond donors (Lipinski definition) is 1. The van der Waals surface area contributed by atoms with Crippen LogP contribution in [0.3, 0.4) is 0 Å². The number of aryl methyl sites for hydroxylation is 1. The first-order valence-corrected chi connectivity index (χ1v) is 10.1. The molecule has 2 aromatic carbocycles. The van der Waals surface area contributed by atoms with Gasteiger partial charge in [-0.2, -0.15) is 0 Å². The summed E-state index contributed by atoms with van der Waals surface area (Å²) in [5.74, 6) is -0.0592. The smallest absolute Gasteiger partial charge is 0.245 e. The third-order valence-corrected chi connectivity index (χ3v) is 5.03. The van der Waals surface area contributed by atoms with Gasteiger partial charge in [0.2, 0.25) is 15.9 Å². The molecule has 0 radical (unpaired) electrons. The van der Waals surface area contributed by atoms with Gasteiger partial charge in [-0.3, -0.25) is 9.10 Å². The molecule has 0 atom stereocenters. The van der Waals surface area contributed by atoms with Gasteiger partial charge in [-0.25, -0.2) is 8.42 Å². The van der Waals surface area contributed by atoms with Crippen LogP contribution in [0.5, 0.6) is 5.75 Å². The first-order chi connectivity index (χ1) is 12.1. The highest BCUT2D eigenvalue weighted by atomic mass is 35.5. The van der Waals surface area contributed by atoms with Crippen LogP contribution in [0.25, 0.3) is 0 Å². The molecule has 0 aliphatic carbocycles. The Morgan fingerprint density at radius 3 is 2.31 bits per heavy atom. The Kier molecular flexibility index (Phi) is 6.39. The zero-order valence-corrected chi connectivity index (χ0v) is 16.7. The second-order valence-corrected chi connectivity index (χ2v) is 8.43. The number of nitrogens with zero attached hydrogens (tertiary/aromatic N) is 1. The predicted octanol–water partition coefficient (Wildman–Crippen LogP) is 3.72. The van der Waals surface area contributed by atoms with E-state index in [0.29, 0.717) is 11.4 Å². The maximum absolute atomic E-state index is 12.5. The van der Waals surface area contributed by atoms with Gasteiger partial charge in [0.25, 0.3) is 0 Å². The normalized spacial score (nSPS) is 11.1. The van der Waals surface area contributed by atoms with Crippen LogP contribution in [-0.4, -0.2) is 34.2 Å². The van der Waals surface area contributed by atoms with Crippen LogP contribution in [0.1, 0.15) is 5.56 Å². The summed E-state index contributed by atoms with van der Waals surface area (Å²) >= 11 is 11.9. The van der Waals surface area contributed by atoms with Crippen LogP contribution < -0.4 is 14.4 Å². The van der Waals surface area contributed by atoms with Gasteiger partial charge >= 0.3 is 0 Å². The average molecular weight is 417 g/mol. The first kappa shape index (κ1) is 20.4. The second-order valence-electron chi connectivity index (χ2n) is 5.65. The molecule has 0 unspecified atom stereocenters. The van der Waals surface area contributed by atoms with E-state index in [9.17, 15) is 13.2 Å². The molecule has 9 heteroatoms. The minimum atomic E-state index is -3.74. The number of anilines is 2. The minimum Gasteiger partial charge on any atom is -0.495 e. The molecular formula is C17H18Cl2N2O4S. The molecule has 26 heavy (non-hydrogen) atoms. The summed E-state index contributed by atoms with van der Waals surface area (Å²) in [6.45, 7) is 1.43. The van der Waals surface area contributed by atoms with Crippen molar-refractivity contribution in [1.29, 1.82) is 0 Å². The first-order valence-electron chi connectivity index (χ1n) is 7.48. The van der Waals surface area contributed by atoms with Crippen molar-refractivity contribution in [3.8, 4) is 5.75 Å². The van der Waals surface area contributed by atoms with Crippen molar-refractivity contribution in [2.24, 2.45) is 0 Å². The van der Waals surface area contributed by atoms with E-state index >= 15 is 0 Å². The molecule has 1 N–H and O–H groups in total. The topological polar surface area (TPSA) is 75.7 Å². The van der Waals surface area contributed by atoms with Gasteiger partial charge in [0.05, 0.1) is 24.7 Å². The number of hydrogen-bond acceptors (Lipinski definition) is 4. The van der Waals surface area contributed by atoms with E-state index in [-0.39, 0.29) is 15.7 Å². The number of carbonyl (C=O) groups is 1. The lowest BCUT2D eigenvalue weighted by atomic mass is 10.2. The molecule has 1 amide bonds. The summed E-state index contributed by atoms with van der Waals surface area (Å²) in [7, 11) is -2.26. The lowest BCUT2D eigenvalue weighted by Gasteiger charge is -2.22. The molecule has 0 aromatic heterocycles. The molecule has 2 rings (SSSR count). The number of ether oxygens (including phenoxy) is 1. The second kappa shape index (κ2) is 8.16. The zero-order valence-electron chi connectivity index (χ0n) is 14.4. The van der Waals surface area contributed by atoms with E-state index < -0.39 is 22.5 Å². The van der Waals surface area contributed by atoms with Crippen LogP contribution in [0.15, 0.2) is 36.4 Å². The van der Waals surface area contributed by atoms with E-state index in [4.69, 9.17) is 27.9 Å². The average Bonchev–Trinajstić information content (AvgIpc) is 2.50. The van der Waals surface area contributed by atoms with Crippen LogP contribution in [-0.2, 0) is 14.8 Å². The number of rotatable bonds is 6. The largest absolute Gasteiger partial charge is 0.495 e. The van der Waals surface area contributed by atoms with E-state index in [1.165, 1.54) is 25.3 Å². The summed E-state index contributed by atoms with van der Waals surface area (Å²) in [5, 5.41) is 3.20. The third-order valence-electron chi connectivity index (χ3n) is 3.45. The molecule has 0 aliphatic heterocycles. The van der Waals surface area contributed by atoms with Crippen molar-refractivity contribution in [3.63, 3.8) is 0 Å². The van der Waals surface area contributed by atoms with Crippen molar-refractivity contribution in [2.75, 3.05) is 29.5 Å². The molecule has 140 valence electrons. The zero-order chi connectivity index (χ0) is 19.5. The highest BCUT2D eigenvalue weighted by Gasteiger charge is 2.22. The van der Waals surface area contributed by atoms with Gasteiger partial charge in [0.1, 0.15) is 12.3 Å². The lowest BCUT2D eigenvalue weighted by Crippen LogP contribution is -2.37. The summed E-state index contributed by atoms with van der Waals surface area (Å²) in [6, 6.07) is 9.62. The minimum absolute atomic E-state index is 0.205. The van der Waals surface area contributed by atoms with Crippen LogP contribution >= 0.6 is 23.2 Å². The fourth-order valence-corrected chi connectivity index (χ4v) is 3.68. The maximum Gasteiger partial charge on any atom is 0.245 e. The van der Waals surface area contributed by atoms with Crippen molar-refractivity contribution >= 4 is 50.5 Å². The molecule has 0 fully saturated rings. The monoisotopic (exact) mass is 416 g/mol. The fourth-order valence-electron chi connectivity index (χ4n) is 2.32. The Labute approximate surface area is 162 Å². The van der Waals surface area contributed by atoms with Gasteiger partial charge in [-0.05, 0) is 42.8 Å². The standard InChI is InChI=1S/C17H18Cl2N2O4S/c1-11-4-5-16(25-2)15(6-11)20-17(22)10-21(26(3,23)24)14-8-12(18)7-13(19)9-14/h4-9H,10H2,1-3H3,(H,20,22). The Hall–Kier alpha value is -1.96. The van der Waals surface area contributed by atoms with Gasteiger partial charge in [0, 0.05) is 10.0 Å². The number of halogens is 2. The van der Waals surface area contributed by atoms with E-state index in [1.807, 2.05) is 13.0 Å². The van der Waals surface area contributed by atoms with Gasteiger partial charge in [0.15, 0.2) is 0 Å². The summed E-state index contributed by atoms with van der Waals surface area (Å²) in [4.78, 5) is 12.5. The highest BCUT2D eigenvalue weighted by molar-refractivity contribution is 7.92. The number of nitrogens with one attached hydrogen (secondary N) is 1. The predicted molar refractivity (Wildman–Crippen MR) is 105 cm³/mol. The van der Waals surface area contributed by atoms with E-state index in [1.54, 1.807) is 12.1 Å². The van der Waals surface area contributed by atoms with E-state index in [2.05, 4.69) is 5.32 Å². The molecule has 0 heterocycles. The molecule has 0 saturated carbocycles. The number of benzene rings is 2. The highest BCUT2D eigenvalue weighted by Crippen LogP contribution is 2.28. The van der Waals surface area contributed by atoms with Crippen LogP contribution in [0, 0.1) is 6.92 Å². The van der Waals surface area contributed by atoms with E-state index in [0.717, 1.165) is 16.1 Å². The Bertz CT molecular complexity index is 912. The number of carbonyl (C=O) groups excluding carboxylic acids is 1. The molecule has 0 aliphatic rings. The van der Waals surface area contributed by atoms with Gasteiger partial charge < -0.3 is 10.1 Å². The quantitative estimate of drug-likeness (QED) is 0.778. The Morgan fingerprint density at radius 1 is 1.15 bits per heavy atom. The number of amides is 1. The fraction of sp³-hybridized carbons (Fsp3) is 0.235. The molecule has 2 aromatic rings. The SMILES string of the molecule is COc1ccc(C)cc1NC(=O)CN(c1cc(Cl)cc(Cl)c1)S(C)(=O)=O.